The summed E-state index contributed by atoms with van der Waals surface area (Å²) in [5.74, 6) is 0.133. The molecule has 0 aromatic carbocycles. The van der Waals surface area contributed by atoms with Gasteiger partial charge in [-0.1, -0.05) is 12.8 Å². The highest BCUT2D eigenvalue weighted by Crippen LogP contribution is 2.26. The van der Waals surface area contributed by atoms with Crippen LogP contribution in [0.25, 0.3) is 0 Å². The first-order valence-corrected chi connectivity index (χ1v) is 4.08. The maximum Gasteiger partial charge on any atom is 0.0593 e. The summed E-state index contributed by atoms with van der Waals surface area (Å²) < 4.78 is 0. The average molecular weight is 144 g/mol. The van der Waals surface area contributed by atoms with Gasteiger partial charge in [-0.05, 0) is 19.8 Å². The van der Waals surface area contributed by atoms with Crippen LogP contribution in [0.15, 0.2) is 0 Å². The molecule has 0 aromatic rings. The normalized spacial score (nSPS) is 37.5. The molecule has 0 spiro atoms. The van der Waals surface area contributed by atoms with Crippen molar-refractivity contribution in [1.29, 1.82) is 0 Å². The fraction of sp³-hybridized carbons (Fsp3) is 1.00. The third kappa shape index (κ3) is 1.70. The molecular formula is C8H16O2. The van der Waals surface area contributed by atoms with Gasteiger partial charge in [0.15, 0.2) is 0 Å². The van der Waals surface area contributed by atoms with Crippen molar-refractivity contribution in [2.24, 2.45) is 5.92 Å². The first-order valence-electron chi connectivity index (χ1n) is 4.08. The van der Waals surface area contributed by atoms with E-state index in [1.165, 1.54) is 0 Å². The molecule has 60 valence electrons. The van der Waals surface area contributed by atoms with Crippen LogP contribution in [0.3, 0.4) is 0 Å². The van der Waals surface area contributed by atoms with Crippen molar-refractivity contribution in [2.75, 3.05) is 0 Å². The third-order valence-corrected chi connectivity index (χ3v) is 2.40. The molecule has 0 amide bonds. The fourth-order valence-corrected chi connectivity index (χ4v) is 1.70. The van der Waals surface area contributed by atoms with Crippen LogP contribution < -0.4 is 0 Å². The van der Waals surface area contributed by atoms with Gasteiger partial charge in [-0.15, -0.1) is 0 Å². The number of rotatable bonds is 1. The van der Waals surface area contributed by atoms with Crippen LogP contribution in [0, 0.1) is 5.92 Å². The molecule has 0 radical (unpaired) electrons. The summed E-state index contributed by atoms with van der Waals surface area (Å²) in [6, 6.07) is 0. The van der Waals surface area contributed by atoms with E-state index in [0.717, 1.165) is 25.7 Å². The standard InChI is InChI=1S/C8H16O2/c1-6(9)7-4-2-3-5-8(7)10/h6-10H,2-5H2,1H3/t6?,7-,8+/m1/s1. The van der Waals surface area contributed by atoms with E-state index in [4.69, 9.17) is 0 Å². The Bertz CT molecular complexity index is 101. The highest BCUT2D eigenvalue weighted by molar-refractivity contribution is 4.77. The number of aliphatic hydroxyl groups is 2. The summed E-state index contributed by atoms with van der Waals surface area (Å²) in [5, 5.41) is 18.6. The summed E-state index contributed by atoms with van der Waals surface area (Å²) in [4.78, 5) is 0. The van der Waals surface area contributed by atoms with Gasteiger partial charge in [-0.3, -0.25) is 0 Å². The molecule has 1 fully saturated rings. The second-order valence-corrected chi connectivity index (χ2v) is 3.26. The summed E-state index contributed by atoms with van der Waals surface area (Å²) >= 11 is 0. The van der Waals surface area contributed by atoms with Gasteiger partial charge in [0.05, 0.1) is 12.2 Å². The largest absolute Gasteiger partial charge is 0.393 e. The molecule has 0 aromatic heterocycles. The van der Waals surface area contributed by atoms with Gasteiger partial charge >= 0.3 is 0 Å². The predicted octanol–water partition coefficient (Wildman–Crippen LogP) is 0.918. The quantitative estimate of drug-likeness (QED) is 0.574. The topological polar surface area (TPSA) is 40.5 Å². The molecule has 3 atom stereocenters. The molecule has 0 saturated heterocycles. The lowest BCUT2D eigenvalue weighted by atomic mass is 9.83. The summed E-state index contributed by atoms with van der Waals surface area (Å²) in [7, 11) is 0. The fourth-order valence-electron chi connectivity index (χ4n) is 1.70. The second kappa shape index (κ2) is 3.35. The van der Waals surface area contributed by atoms with Crippen molar-refractivity contribution in [3.8, 4) is 0 Å². The van der Waals surface area contributed by atoms with Crippen LogP contribution in [0.5, 0.6) is 0 Å². The molecule has 1 aliphatic carbocycles. The van der Waals surface area contributed by atoms with E-state index >= 15 is 0 Å². The van der Waals surface area contributed by atoms with Gasteiger partial charge < -0.3 is 10.2 Å². The van der Waals surface area contributed by atoms with E-state index in [-0.39, 0.29) is 18.1 Å². The minimum absolute atomic E-state index is 0.133. The highest BCUT2D eigenvalue weighted by atomic mass is 16.3. The number of hydrogen-bond acceptors (Lipinski definition) is 2. The predicted molar refractivity (Wildman–Crippen MR) is 39.6 cm³/mol. The zero-order chi connectivity index (χ0) is 7.56. The van der Waals surface area contributed by atoms with Crippen LogP contribution in [-0.4, -0.2) is 22.4 Å². The van der Waals surface area contributed by atoms with Crippen molar-refractivity contribution in [2.45, 2.75) is 44.8 Å². The minimum atomic E-state index is -0.338. The molecular weight excluding hydrogens is 128 g/mol. The molecule has 1 unspecified atom stereocenters. The lowest BCUT2D eigenvalue weighted by Gasteiger charge is -2.29. The maximum absolute atomic E-state index is 9.38. The van der Waals surface area contributed by atoms with E-state index < -0.39 is 0 Å². The lowest BCUT2D eigenvalue weighted by Crippen LogP contribution is -2.32. The van der Waals surface area contributed by atoms with Crippen LogP contribution in [0.2, 0.25) is 0 Å². The molecule has 2 heteroatoms. The Balaban J connectivity index is 2.40. The summed E-state index contributed by atoms with van der Waals surface area (Å²) in [6.45, 7) is 1.76. The third-order valence-electron chi connectivity index (χ3n) is 2.40. The minimum Gasteiger partial charge on any atom is -0.393 e. The molecule has 0 heterocycles. The average Bonchev–Trinajstić information content (AvgIpc) is 1.88. The van der Waals surface area contributed by atoms with Crippen molar-refractivity contribution in [3.63, 3.8) is 0 Å². The van der Waals surface area contributed by atoms with Crippen molar-refractivity contribution < 1.29 is 10.2 Å². The maximum atomic E-state index is 9.38. The lowest BCUT2D eigenvalue weighted by molar-refractivity contribution is -0.00384. The summed E-state index contributed by atoms with van der Waals surface area (Å²) in [6.07, 6.45) is 3.54. The SMILES string of the molecule is CC(O)[C@H]1CCCC[C@@H]1O. The Kier molecular flexibility index (Phi) is 2.69. The molecule has 10 heavy (non-hydrogen) atoms. The first-order chi connectivity index (χ1) is 4.72. The van der Waals surface area contributed by atoms with Gasteiger partial charge in [0.1, 0.15) is 0 Å². The second-order valence-electron chi connectivity index (χ2n) is 3.26. The van der Waals surface area contributed by atoms with Gasteiger partial charge in [-0.2, -0.15) is 0 Å². The Morgan fingerprint density at radius 1 is 1.30 bits per heavy atom. The number of aliphatic hydroxyl groups excluding tert-OH is 2. The van der Waals surface area contributed by atoms with Gasteiger partial charge in [0.2, 0.25) is 0 Å². The van der Waals surface area contributed by atoms with E-state index in [9.17, 15) is 10.2 Å². The van der Waals surface area contributed by atoms with Crippen LogP contribution >= 0.6 is 0 Å². The highest BCUT2D eigenvalue weighted by Gasteiger charge is 2.26. The van der Waals surface area contributed by atoms with E-state index in [1.54, 1.807) is 6.92 Å². The van der Waals surface area contributed by atoms with Crippen molar-refractivity contribution in [3.05, 3.63) is 0 Å². The van der Waals surface area contributed by atoms with Crippen LogP contribution in [0.4, 0.5) is 0 Å². The Labute approximate surface area is 61.9 Å². The molecule has 0 aliphatic heterocycles. The van der Waals surface area contributed by atoms with E-state index in [0.29, 0.717) is 0 Å². The van der Waals surface area contributed by atoms with E-state index in [1.807, 2.05) is 0 Å². The Morgan fingerprint density at radius 2 is 1.90 bits per heavy atom. The van der Waals surface area contributed by atoms with Gasteiger partial charge in [0.25, 0.3) is 0 Å². The summed E-state index contributed by atoms with van der Waals surface area (Å²) in [5.41, 5.74) is 0. The van der Waals surface area contributed by atoms with Crippen molar-refractivity contribution in [1.82, 2.24) is 0 Å². The molecule has 1 rings (SSSR count). The van der Waals surface area contributed by atoms with E-state index in [2.05, 4.69) is 0 Å². The monoisotopic (exact) mass is 144 g/mol. The Morgan fingerprint density at radius 3 is 2.30 bits per heavy atom. The van der Waals surface area contributed by atoms with Crippen LogP contribution in [-0.2, 0) is 0 Å². The Hall–Kier alpha value is -0.0800. The number of hydrogen-bond donors (Lipinski definition) is 2. The van der Waals surface area contributed by atoms with Crippen LogP contribution in [0.1, 0.15) is 32.6 Å². The first kappa shape index (κ1) is 8.02. The molecule has 0 bridgehead atoms. The molecule has 2 nitrogen and oxygen atoms in total. The zero-order valence-corrected chi connectivity index (χ0v) is 6.45. The molecule has 2 N–H and O–H groups in total. The zero-order valence-electron chi connectivity index (χ0n) is 6.45. The smallest absolute Gasteiger partial charge is 0.0593 e. The molecule has 1 aliphatic rings. The molecule has 1 saturated carbocycles. The van der Waals surface area contributed by atoms with Crippen molar-refractivity contribution >= 4 is 0 Å². The van der Waals surface area contributed by atoms with Gasteiger partial charge in [0, 0.05) is 5.92 Å². The van der Waals surface area contributed by atoms with Gasteiger partial charge in [-0.25, -0.2) is 0 Å².